The number of halogens is 2. The third-order valence-corrected chi connectivity index (χ3v) is 4.09. The second kappa shape index (κ2) is 11.4. The maximum Gasteiger partial charge on any atom is 0.210 e. The molecule has 7 heteroatoms. The number of ketones is 1. The van der Waals surface area contributed by atoms with Crippen molar-refractivity contribution in [1.82, 2.24) is 10.6 Å². The zero-order chi connectivity index (χ0) is 20.4. The Balaban J connectivity index is 1.95. The van der Waals surface area contributed by atoms with Crippen LogP contribution in [0.15, 0.2) is 48.5 Å². The van der Waals surface area contributed by atoms with Crippen molar-refractivity contribution in [3.8, 4) is 11.5 Å². The predicted octanol–water partition coefficient (Wildman–Crippen LogP) is 3.17. The minimum atomic E-state index is -2.05. The van der Waals surface area contributed by atoms with E-state index >= 15 is 0 Å². The van der Waals surface area contributed by atoms with E-state index in [1.54, 1.807) is 24.3 Å². The average Bonchev–Trinajstić information content (AvgIpc) is 2.73. The standard InChI is InChI=1S/C21H26F2N2O3/c1-24-11-13-27-17-7-3-15(4-8-17)19(22)21(26)20(23)16-5-9-18(10-6-16)28-14-12-25-2/h3-10,19-20,24-25H,11-14H2,1-2H3. The molecule has 0 aliphatic carbocycles. The molecule has 0 fully saturated rings. The fraction of sp³-hybridized carbons (Fsp3) is 0.381. The molecule has 0 aliphatic rings. The molecular formula is C21H26F2N2O3. The van der Waals surface area contributed by atoms with Gasteiger partial charge in [-0.15, -0.1) is 0 Å². The lowest BCUT2D eigenvalue weighted by Gasteiger charge is -2.13. The molecule has 0 radical (unpaired) electrons. The molecule has 0 aromatic heterocycles. The molecular weight excluding hydrogens is 366 g/mol. The summed E-state index contributed by atoms with van der Waals surface area (Å²) >= 11 is 0. The van der Waals surface area contributed by atoms with Gasteiger partial charge < -0.3 is 20.1 Å². The van der Waals surface area contributed by atoms with Crippen LogP contribution >= 0.6 is 0 Å². The molecule has 28 heavy (non-hydrogen) atoms. The number of rotatable bonds is 12. The number of nitrogens with one attached hydrogen (secondary N) is 2. The highest BCUT2D eigenvalue weighted by atomic mass is 19.1. The minimum Gasteiger partial charge on any atom is -0.492 e. The van der Waals surface area contributed by atoms with Crippen LogP contribution in [-0.4, -0.2) is 46.2 Å². The monoisotopic (exact) mass is 392 g/mol. The molecule has 0 bridgehead atoms. The Bertz CT molecular complexity index is 662. The summed E-state index contributed by atoms with van der Waals surface area (Å²) in [5.74, 6) is -0.0127. The molecule has 0 amide bonds. The van der Waals surface area contributed by atoms with Crippen LogP contribution in [-0.2, 0) is 4.79 Å². The summed E-state index contributed by atoms with van der Waals surface area (Å²) in [5.41, 5.74) is 0.196. The van der Waals surface area contributed by atoms with Crippen molar-refractivity contribution in [2.24, 2.45) is 0 Å². The van der Waals surface area contributed by atoms with E-state index in [1.807, 2.05) is 14.1 Å². The molecule has 0 heterocycles. The smallest absolute Gasteiger partial charge is 0.210 e. The van der Waals surface area contributed by atoms with Crippen LogP contribution in [0.1, 0.15) is 23.5 Å². The van der Waals surface area contributed by atoms with Crippen molar-refractivity contribution in [2.75, 3.05) is 40.4 Å². The Kier molecular flexibility index (Phi) is 8.84. The van der Waals surface area contributed by atoms with E-state index < -0.39 is 18.1 Å². The van der Waals surface area contributed by atoms with Crippen molar-refractivity contribution in [3.63, 3.8) is 0 Å². The predicted molar refractivity (Wildman–Crippen MR) is 104 cm³/mol. The third-order valence-electron chi connectivity index (χ3n) is 4.09. The van der Waals surface area contributed by atoms with Gasteiger partial charge in [-0.25, -0.2) is 8.78 Å². The Morgan fingerprint density at radius 1 is 0.786 bits per heavy atom. The van der Waals surface area contributed by atoms with Crippen LogP contribution in [0, 0.1) is 0 Å². The van der Waals surface area contributed by atoms with Crippen LogP contribution < -0.4 is 20.1 Å². The third kappa shape index (κ3) is 6.28. The molecule has 2 unspecified atom stereocenters. The largest absolute Gasteiger partial charge is 0.492 e. The lowest BCUT2D eigenvalue weighted by atomic mass is 9.99. The van der Waals surface area contributed by atoms with Crippen molar-refractivity contribution in [1.29, 1.82) is 0 Å². The van der Waals surface area contributed by atoms with Crippen LogP contribution in [0.5, 0.6) is 11.5 Å². The van der Waals surface area contributed by atoms with Crippen molar-refractivity contribution in [2.45, 2.75) is 12.3 Å². The molecule has 5 nitrogen and oxygen atoms in total. The summed E-state index contributed by atoms with van der Waals surface area (Å²) < 4.78 is 39.9. The van der Waals surface area contributed by atoms with Gasteiger partial charge in [-0.3, -0.25) is 4.79 Å². The van der Waals surface area contributed by atoms with Crippen molar-refractivity contribution < 1.29 is 23.0 Å². The zero-order valence-electron chi connectivity index (χ0n) is 16.1. The van der Waals surface area contributed by atoms with Gasteiger partial charge in [-0.05, 0) is 49.5 Å². The van der Waals surface area contributed by atoms with Crippen LogP contribution in [0.25, 0.3) is 0 Å². The lowest BCUT2D eigenvalue weighted by molar-refractivity contribution is -0.129. The van der Waals surface area contributed by atoms with Gasteiger partial charge >= 0.3 is 0 Å². The Morgan fingerprint density at radius 3 is 1.46 bits per heavy atom. The summed E-state index contributed by atoms with van der Waals surface area (Å²) in [6.07, 6.45) is -4.10. The highest BCUT2D eigenvalue weighted by Gasteiger charge is 2.29. The summed E-state index contributed by atoms with van der Waals surface area (Å²) in [6.45, 7) is 2.29. The van der Waals surface area contributed by atoms with Gasteiger partial charge in [-0.2, -0.15) is 0 Å². The number of Topliss-reactive ketones (excluding diaryl/α,β-unsaturated/α-hetero) is 1. The fourth-order valence-corrected chi connectivity index (χ4v) is 2.46. The van der Waals surface area contributed by atoms with Crippen LogP contribution in [0.3, 0.4) is 0 Å². The van der Waals surface area contributed by atoms with E-state index in [2.05, 4.69) is 10.6 Å². The normalized spacial score (nSPS) is 13.0. The molecule has 2 rings (SSSR count). The Labute approximate surface area is 164 Å². The summed E-state index contributed by atoms with van der Waals surface area (Å²) in [5, 5.41) is 5.89. The van der Waals surface area contributed by atoms with Gasteiger partial charge in [0, 0.05) is 13.1 Å². The molecule has 152 valence electrons. The molecule has 2 aromatic rings. The summed E-state index contributed by atoms with van der Waals surface area (Å²) in [4.78, 5) is 12.2. The number of hydrogen-bond acceptors (Lipinski definition) is 5. The van der Waals surface area contributed by atoms with Gasteiger partial charge in [0.15, 0.2) is 12.3 Å². The van der Waals surface area contributed by atoms with Crippen LogP contribution in [0.4, 0.5) is 8.78 Å². The maximum atomic E-state index is 14.5. The number of carbonyl (C=O) groups excluding carboxylic acids is 1. The number of benzene rings is 2. The molecule has 0 aliphatic heterocycles. The first-order valence-electron chi connectivity index (χ1n) is 9.13. The van der Waals surface area contributed by atoms with Crippen molar-refractivity contribution >= 4 is 5.78 Å². The Morgan fingerprint density at radius 2 is 1.14 bits per heavy atom. The van der Waals surface area contributed by atoms with Gasteiger partial charge in [0.05, 0.1) is 0 Å². The number of likely N-dealkylation sites (N-methyl/N-ethyl adjacent to an activating group) is 2. The van der Waals surface area contributed by atoms with E-state index in [0.717, 1.165) is 0 Å². The van der Waals surface area contributed by atoms with E-state index in [1.165, 1.54) is 24.3 Å². The number of hydrogen-bond donors (Lipinski definition) is 2. The lowest BCUT2D eigenvalue weighted by Crippen LogP contribution is -2.16. The van der Waals surface area contributed by atoms with Gasteiger partial charge in [-0.1, -0.05) is 24.3 Å². The molecule has 0 saturated heterocycles. The first kappa shape index (κ1) is 21.8. The molecule has 2 atom stereocenters. The average molecular weight is 392 g/mol. The molecule has 0 spiro atoms. The molecule has 2 aromatic carbocycles. The second-order valence-corrected chi connectivity index (χ2v) is 6.17. The van der Waals surface area contributed by atoms with E-state index in [4.69, 9.17) is 9.47 Å². The summed E-state index contributed by atoms with van der Waals surface area (Å²) in [6, 6.07) is 12.0. The fourth-order valence-electron chi connectivity index (χ4n) is 2.46. The van der Waals surface area contributed by atoms with E-state index in [-0.39, 0.29) is 11.1 Å². The second-order valence-electron chi connectivity index (χ2n) is 6.17. The highest BCUT2D eigenvalue weighted by molar-refractivity contribution is 5.89. The summed E-state index contributed by atoms with van der Waals surface area (Å²) in [7, 11) is 3.62. The number of ether oxygens (including phenoxy) is 2. The van der Waals surface area contributed by atoms with Crippen molar-refractivity contribution in [3.05, 3.63) is 59.7 Å². The molecule has 0 saturated carbocycles. The SMILES string of the molecule is CNCCOc1ccc(C(F)C(=O)C(F)c2ccc(OCCNC)cc2)cc1. The van der Waals surface area contributed by atoms with Gasteiger partial charge in [0.2, 0.25) is 5.78 Å². The first-order chi connectivity index (χ1) is 13.6. The van der Waals surface area contributed by atoms with Gasteiger partial charge in [0.25, 0.3) is 0 Å². The van der Waals surface area contributed by atoms with Crippen LogP contribution in [0.2, 0.25) is 0 Å². The maximum absolute atomic E-state index is 14.5. The molecule has 2 N–H and O–H groups in total. The minimum absolute atomic E-state index is 0.0978. The first-order valence-corrected chi connectivity index (χ1v) is 9.13. The quantitative estimate of drug-likeness (QED) is 0.544. The Hall–Kier alpha value is -2.51. The number of alkyl halides is 2. The zero-order valence-corrected chi connectivity index (χ0v) is 16.1. The number of carbonyl (C=O) groups is 1. The topological polar surface area (TPSA) is 59.6 Å². The van der Waals surface area contributed by atoms with E-state index in [0.29, 0.717) is 37.8 Å². The highest BCUT2D eigenvalue weighted by Crippen LogP contribution is 2.30. The van der Waals surface area contributed by atoms with E-state index in [9.17, 15) is 13.6 Å². The van der Waals surface area contributed by atoms with Gasteiger partial charge in [0.1, 0.15) is 24.7 Å².